The number of amides is 1. The molecule has 1 aromatic heterocycles. The second-order valence-corrected chi connectivity index (χ2v) is 6.72. The van der Waals surface area contributed by atoms with Gasteiger partial charge in [0.25, 0.3) is 0 Å². The Morgan fingerprint density at radius 2 is 2.13 bits per heavy atom. The fraction of sp³-hybridized carbons (Fsp3) is 0.722. The van der Waals surface area contributed by atoms with Crippen molar-refractivity contribution in [1.29, 1.82) is 0 Å². The Labute approximate surface area is 137 Å². The van der Waals surface area contributed by atoms with Gasteiger partial charge in [0.1, 0.15) is 18.5 Å². The van der Waals surface area contributed by atoms with Crippen LogP contribution in [-0.2, 0) is 9.53 Å². The summed E-state index contributed by atoms with van der Waals surface area (Å²) in [4.78, 5) is 14.3. The lowest BCUT2D eigenvalue weighted by Gasteiger charge is -2.28. The summed E-state index contributed by atoms with van der Waals surface area (Å²) in [7, 11) is 0. The number of ether oxygens (including phenoxy) is 1. The van der Waals surface area contributed by atoms with Crippen molar-refractivity contribution in [2.45, 2.75) is 69.6 Å². The summed E-state index contributed by atoms with van der Waals surface area (Å²) in [5.41, 5.74) is 0. The third-order valence-corrected chi connectivity index (χ3v) is 5.06. The molecule has 128 valence electrons. The number of hydrogen-bond acceptors (Lipinski definition) is 4. The van der Waals surface area contributed by atoms with Gasteiger partial charge < -0.3 is 19.2 Å². The molecule has 2 heterocycles. The third kappa shape index (κ3) is 4.36. The van der Waals surface area contributed by atoms with Gasteiger partial charge in [0.2, 0.25) is 5.91 Å². The number of aliphatic hydroxyl groups is 1. The highest BCUT2D eigenvalue weighted by Crippen LogP contribution is 2.28. The van der Waals surface area contributed by atoms with Crippen molar-refractivity contribution in [2.24, 2.45) is 0 Å². The number of nitrogens with zero attached hydrogens (tertiary/aromatic N) is 1. The van der Waals surface area contributed by atoms with Crippen molar-refractivity contribution in [2.75, 3.05) is 13.2 Å². The summed E-state index contributed by atoms with van der Waals surface area (Å²) in [6, 6.07) is 3.63. The molecule has 1 aliphatic carbocycles. The Kier molecular flexibility index (Phi) is 5.73. The first-order valence-electron chi connectivity index (χ1n) is 8.86. The van der Waals surface area contributed by atoms with E-state index in [1.807, 2.05) is 4.90 Å². The van der Waals surface area contributed by atoms with Crippen LogP contribution in [0.3, 0.4) is 0 Å². The first-order valence-corrected chi connectivity index (χ1v) is 8.86. The number of carbonyl (C=O) groups is 1. The van der Waals surface area contributed by atoms with Gasteiger partial charge in [-0.15, -0.1) is 0 Å². The topological polar surface area (TPSA) is 62.9 Å². The molecule has 2 unspecified atom stereocenters. The molecule has 2 aliphatic rings. The molecule has 1 saturated carbocycles. The highest BCUT2D eigenvalue weighted by molar-refractivity contribution is 5.78. The van der Waals surface area contributed by atoms with Crippen molar-refractivity contribution in [3.8, 4) is 0 Å². The number of carbonyl (C=O) groups excluding carboxylic acids is 1. The van der Waals surface area contributed by atoms with E-state index < -0.39 is 6.10 Å². The minimum Gasteiger partial charge on any atom is -0.467 e. The summed E-state index contributed by atoms with van der Waals surface area (Å²) < 4.78 is 11.1. The zero-order valence-corrected chi connectivity index (χ0v) is 13.7. The first-order chi connectivity index (χ1) is 11.2. The van der Waals surface area contributed by atoms with E-state index >= 15 is 0 Å². The minimum absolute atomic E-state index is 0.0599. The van der Waals surface area contributed by atoms with E-state index in [2.05, 4.69) is 0 Å². The van der Waals surface area contributed by atoms with Crippen molar-refractivity contribution >= 4 is 5.91 Å². The second-order valence-electron chi connectivity index (χ2n) is 6.72. The van der Waals surface area contributed by atoms with E-state index in [-0.39, 0.29) is 24.7 Å². The number of rotatable bonds is 6. The minimum atomic E-state index is -0.650. The molecule has 0 spiro atoms. The summed E-state index contributed by atoms with van der Waals surface area (Å²) in [6.45, 7) is 0.945. The lowest BCUT2D eigenvalue weighted by atomic mass is 9.98. The molecule has 2 fully saturated rings. The fourth-order valence-corrected chi connectivity index (χ4v) is 3.77. The first kappa shape index (κ1) is 16.5. The van der Waals surface area contributed by atoms with E-state index in [4.69, 9.17) is 9.15 Å². The van der Waals surface area contributed by atoms with Gasteiger partial charge in [-0.1, -0.05) is 19.3 Å². The molecule has 3 rings (SSSR count). The van der Waals surface area contributed by atoms with E-state index in [1.165, 1.54) is 19.3 Å². The number of likely N-dealkylation sites (tertiary alicyclic amines) is 1. The largest absolute Gasteiger partial charge is 0.467 e. The molecule has 1 aliphatic heterocycles. The summed E-state index contributed by atoms with van der Waals surface area (Å²) in [5.74, 6) is 0.632. The van der Waals surface area contributed by atoms with Gasteiger partial charge in [0.05, 0.1) is 12.4 Å². The van der Waals surface area contributed by atoms with E-state index in [1.54, 1.807) is 18.4 Å². The second kappa shape index (κ2) is 7.97. The van der Waals surface area contributed by atoms with Crippen LogP contribution in [0.2, 0.25) is 0 Å². The Bertz CT molecular complexity index is 481. The normalized spacial score (nSPS) is 24.0. The molecule has 5 heteroatoms. The van der Waals surface area contributed by atoms with Crippen molar-refractivity contribution in [3.05, 3.63) is 24.2 Å². The summed E-state index contributed by atoms with van der Waals surface area (Å²) in [6.07, 6.45) is 9.48. The van der Waals surface area contributed by atoms with Gasteiger partial charge >= 0.3 is 0 Å². The smallest absolute Gasteiger partial charge is 0.248 e. The van der Waals surface area contributed by atoms with Crippen molar-refractivity contribution in [3.63, 3.8) is 0 Å². The zero-order valence-electron chi connectivity index (χ0n) is 13.7. The van der Waals surface area contributed by atoms with Gasteiger partial charge in [-0.2, -0.15) is 0 Å². The van der Waals surface area contributed by atoms with Gasteiger partial charge in [-0.3, -0.25) is 4.79 Å². The molecule has 5 nitrogen and oxygen atoms in total. The molecule has 1 saturated heterocycles. The maximum absolute atomic E-state index is 12.5. The predicted octanol–water partition coefficient (Wildman–Crippen LogP) is 3.04. The van der Waals surface area contributed by atoms with Crippen LogP contribution in [0.25, 0.3) is 0 Å². The van der Waals surface area contributed by atoms with Crippen LogP contribution < -0.4 is 0 Å². The maximum atomic E-state index is 12.5. The van der Waals surface area contributed by atoms with E-state index in [0.29, 0.717) is 12.2 Å². The Balaban J connectivity index is 1.48. The lowest BCUT2D eigenvalue weighted by Crippen LogP contribution is -2.39. The fourth-order valence-electron chi connectivity index (χ4n) is 3.77. The highest BCUT2D eigenvalue weighted by Gasteiger charge is 2.31. The SMILES string of the molecule is O=C(COC1CCCCC1)N1CCCC1CC(O)c1ccco1. The van der Waals surface area contributed by atoms with Crippen LogP contribution in [0.4, 0.5) is 0 Å². The Morgan fingerprint density at radius 3 is 2.87 bits per heavy atom. The molecular weight excluding hydrogens is 294 g/mol. The van der Waals surface area contributed by atoms with Gasteiger partial charge in [-0.05, 0) is 37.8 Å². The number of furan rings is 1. The molecule has 0 radical (unpaired) electrons. The Hall–Kier alpha value is -1.33. The van der Waals surface area contributed by atoms with Gasteiger partial charge in [0.15, 0.2) is 0 Å². The maximum Gasteiger partial charge on any atom is 0.248 e. The van der Waals surface area contributed by atoms with E-state index in [0.717, 1.165) is 32.2 Å². The average Bonchev–Trinajstić information content (AvgIpc) is 3.25. The monoisotopic (exact) mass is 321 g/mol. The van der Waals surface area contributed by atoms with Crippen LogP contribution in [0.5, 0.6) is 0 Å². The average molecular weight is 321 g/mol. The molecule has 0 bridgehead atoms. The standard InChI is InChI=1S/C18H27NO4/c20-16(17-9-5-11-22-17)12-14-6-4-10-19(14)18(21)13-23-15-7-2-1-3-8-15/h5,9,11,14-16,20H,1-4,6-8,10,12-13H2. The van der Waals surface area contributed by atoms with E-state index in [9.17, 15) is 9.90 Å². The predicted molar refractivity (Wildman–Crippen MR) is 85.8 cm³/mol. The molecule has 1 aromatic rings. The van der Waals surface area contributed by atoms with Crippen LogP contribution in [0.1, 0.15) is 63.2 Å². The number of hydrogen-bond donors (Lipinski definition) is 1. The quantitative estimate of drug-likeness (QED) is 0.875. The molecule has 2 atom stereocenters. The van der Waals surface area contributed by atoms with Crippen molar-refractivity contribution < 1.29 is 19.1 Å². The molecular formula is C18H27NO4. The molecule has 0 aromatic carbocycles. The molecule has 1 amide bonds. The lowest BCUT2D eigenvalue weighted by molar-refractivity contribution is -0.140. The Morgan fingerprint density at radius 1 is 1.30 bits per heavy atom. The van der Waals surface area contributed by atoms with Crippen LogP contribution >= 0.6 is 0 Å². The van der Waals surface area contributed by atoms with Crippen LogP contribution in [0.15, 0.2) is 22.8 Å². The summed E-state index contributed by atoms with van der Waals surface area (Å²) in [5, 5.41) is 10.2. The number of aliphatic hydroxyl groups excluding tert-OH is 1. The van der Waals surface area contributed by atoms with Gasteiger partial charge in [0, 0.05) is 19.0 Å². The van der Waals surface area contributed by atoms with Gasteiger partial charge in [-0.25, -0.2) is 0 Å². The highest BCUT2D eigenvalue weighted by atomic mass is 16.5. The molecule has 23 heavy (non-hydrogen) atoms. The zero-order chi connectivity index (χ0) is 16.1. The third-order valence-electron chi connectivity index (χ3n) is 5.06. The summed E-state index contributed by atoms with van der Waals surface area (Å²) >= 11 is 0. The van der Waals surface area contributed by atoms with Crippen LogP contribution in [-0.4, -0.2) is 41.2 Å². The van der Waals surface area contributed by atoms with Crippen LogP contribution in [0, 0.1) is 0 Å². The molecule has 1 N–H and O–H groups in total. The van der Waals surface area contributed by atoms with Crippen molar-refractivity contribution in [1.82, 2.24) is 4.90 Å².